The number of methoxy groups -OCH3 is 1. The number of rotatable bonds is 8. The summed E-state index contributed by atoms with van der Waals surface area (Å²) in [6.07, 6.45) is 2.18. The zero-order valence-corrected chi connectivity index (χ0v) is 28.5. The van der Waals surface area contributed by atoms with Crippen LogP contribution < -0.4 is 19.1 Å². The van der Waals surface area contributed by atoms with E-state index in [9.17, 15) is 18.0 Å². The van der Waals surface area contributed by atoms with Gasteiger partial charge in [0.2, 0.25) is 0 Å². The monoisotopic (exact) mass is 687 g/mol. The number of benzene rings is 2. The minimum absolute atomic E-state index is 0.0992. The molecule has 11 nitrogen and oxygen atoms in total. The number of fused-ring (bicyclic) bond motifs is 1. The number of thiophene rings is 1. The van der Waals surface area contributed by atoms with Gasteiger partial charge in [0, 0.05) is 43.3 Å². The summed E-state index contributed by atoms with van der Waals surface area (Å²) in [5, 5.41) is 3.04. The van der Waals surface area contributed by atoms with Gasteiger partial charge in [0.1, 0.15) is 15.7 Å². The number of carbonyl (C=O) groups excluding carboxylic acids is 2. The molecule has 2 saturated heterocycles. The number of nitrogens with one attached hydrogen (secondary N) is 1. The van der Waals surface area contributed by atoms with E-state index in [0.717, 1.165) is 41.6 Å². The number of halogens is 1. The van der Waals surface area contributed by atoms with Crippen LogP contribution in [0.15, 0.2) is 58.8 Å². The number of carbonyl (C=O) groups is 2. The number of hydrogen-bond acceptors (Lipinski definition) is 9. The molecule has 0 bridgehead atoms. The topological polar surface area (TPSA) is 112 Å². The number of sulfonamides is 1. The molecule has 0 saturated carbocycles. The predicted octanol–water partition coefficient (Wildman–Crippen LogP) is 4.21. The summed E-state index contributed by atoms with van der Waals surface area (Å²) >= 11 is 6.98. The van der Waals surface area contributed by atoms with Gasteiger partial charge in [-0.2, -0.15) is 12.7 Å². The molecule has 0 aliphatic carbocycles. The quantitative estimate of drug-likeness (QED) is 0.375. The van der Waals surface area contributed by atoms with E-state index in [-0.39, 0.29) is 26.4 Å². The highest BCUT2D eigenvalue weighted by Crippen LogP contribution is 2.50. The number of piperidine rings is 1. The smallest absolute Gasteiger partial charge is 0.318 e. The van der Waals surface area contributed by atoms with Crippen molar-refractivity contribution in [2.45, 2.75) is 35.6 Å². The summed E-state index contributed by atoms with van der Waals surface area (Å²) in [6, 6.07) is 14.4. The maximum absolute atomic E-state index is 14.9. The predicted molar refractivity (Wildman–Crippen MR) is 178 cm³/mol. The van der Waals surface area contributed by atoms with E-state index in [2.05, 4.69) is 22.2 Å². The molecule has 246 valence electrons. The molecule has 0 spiro atoms. The Morgan fingerprint density at radius 3 is 2.39 bits per heavy atom. The fourth-order valence-electron chi connectivity index (χ4n) is 6.66. The molecule has 3 aliphatic heterocycles. The van der Waals surface area contributed by atoms with Crippen molar-refractivity contribution in [1.29, 1.82) is 0 Å². The Balaban J connectivity index is 1.42. The third-order valence-corrected chi connectivity index (χ3v) is 12.5. The lowest BCUT2D eigenvalue weighted by Crippen LogP contribution is -2.61. The highest BCUT2D eigenvalue weighted by Gasteiger charge is 2.59. The van der Waals surface area contributed by atoms with Crippen molar-refractivity contribution in [2.24, 2.45) is 0 Å². The first kappa shape index (κ1) is 32.6. The minimum Gasteiger partial charge on any atom is -0.497 e. The van der Waals surface area contributed by atoms with Gasteiger partial charge in [-0.1, -0.05) is 29.8 Å². The molecule has 14 heteroatoms. The second-order valence-corrected chi connectivity index (χ2v) is 15.4. The molecule has 6 rings (SSSR count). The fraction of sp³-hybridized carbons (Fsp3) is 0.438. The van der Waals surface area contributed by atoms with Crippen molar-refractivity contribution in [3.8, 4) is 11.5 Å². The highest BCUT2D eigenvalue weighted by atomic mass is 35.5. The molecular formula is C32H38ClN5O6S2. The number of likely N-dealkylation sites (tertiary alicyclic amines) is 1. The summed E-state index contributed by atoms with van der Waals surface area (Å²) in [5.41, 5.74) is -1.27. The summed E-state index contributed by atoms with van der Waals surface area (Å²) in [7, 11) is -0.805. The van der Waals surface area contributed by atoms with Crippen molar-refractivity contribution in [2.75, 3.05) is 64.3 Å². The van der Waals surface area contributed by atoms with E-state index in [1.807, 2.05) is 6.92 Å². The van der Waals surface area contributed by atoms with Crippen LogP contribution in [0.5, 0.6) is 11.5 Å². The van der Waals surface area contributed by atoms with Crippen LogP contribution in [0, 0.1) is 0 Å². The maximum Gasteiger partial charge on any atom is 0.318 e. The van der Waals surface area contributed by atoms with Gasteiger partial charge in [-0.25, -0.2) is 4.79 Å². The molecule has 0 radical (unpaired) electrons. The second kappa shape index (κ2) is 13.0. The van der Waals surface area contributed by atoms with Crippen LogP contribution in [0.4, 0.5) is 10.5 Å². The van der Waals surface area contributed by atoms with E-state index in [1.165, 1.54) is 25.3 Å². The van der Waals surface area contributed by atoms with Gasteiger partial charge in [-0.3, -0.25) is 9.69 Å². The summed E-state index contributed by atoms with van der Waals surface area (Å²) < 4.78 is 40.8. The Hall–Kier alpha value is -3.36. The van der Waals surface area contributed by atoms with Crippen LogP contribution in [0.3, 0.4) is 0 Å². The van der Waals surface area contributed by atoms with Crippen molar-refractivity contribution >= 4 is 50.6 Å². The van der Waals surface area contributed by atoms with Crippen molar-refractivity contribution in [3.63, 3.8) is 0 Å². The minimum atomic E-state index is -4.43. The maximum atomic E-state index is 14.9. The average molecular weight is 688 g/mol. The number of ether oxygens (including phenoxy) is 2. The lowest BCUT2D eigenvalue weighted by Gasteiger charge is -2.43. The largest absolute Gasteiger partial charge is 0.497 e. The number of urea groups is 1. The molecular weight excluding hydrogens is 650 g/mol. The van der Waals surface area contributed by atoms with Crippen molar-refractivity contribution in [3.05, 3.63) is 70.1 Å². The Labute approximate surface area is 278 Å². The van der Waals surface area contributed by atoms with E-state index >= 15 is 0 Å². The second-order valence-electron chi connectivity index (χ2n) is 11.7. The molecule has 1 unspecified atom stereocenters. The zero-order valence-electron chi connectivity index (χ0n) is 26.1. The molecule has 2 fully saturated rings. The van der Waals surface area contributed by atoms with Crippen molar-refractivity contribution < 1.29 is 27.5 Å². The van der Waals surface area contributed by atoms with Crippen LogP contribution in [0.2, 0.25) is 4.34 Å². The summed E-state index contributed by atoms with van der Waals surface area (Å²) in [5.74, 6) is -0.118. The summed E-state index contributed by atoms with van der Waals surface area (Å²) in [6.45, 7) is 6.56. The molecule has 3 amide bonds. The number of nitrogens with zero attached hydrogens (tertiary/aromatic N) is 4. The van der Waals surface area contributed by atoms with E-state index < -0.39 is 27.5 Å². The first-order valence-corrected chi connectivity index (χ1v) is 18.0. The Kier molecular flexibility index (Phi) is 9.23. The van der Waals surface area contributed by atoms with Crippen LogP contribution in [0.25, 0.3) is 0 Å². The van der Waals surface area contributed by atoms with Gasteiger partial charge in [0.15, 0.2) is 5.54 Å². The first-order chi connectivity index (χ1) is 22.1. The standard InChI is InChI=1S/C32H38ClN5O6S2/c1-4-44-27-8-6-5-7-24(27)32(34-31(40)37-19-17-36(18-20-37)22-13-15-35(2)16-14-22)25-21-23(43-3)9-10-26(25)38(30(32)39)46(41,42)29-12-11-28(33)45-29/h5-12,21-22H,4,13-20H2,1-3H3,(H,34,40). The normalized spacial score (nSPS) is 21.3. The molecule has 3 aliphatic rings. The summed E-state index contributed by atoms with van der Waals surface area (Å²) in [4.78, 5) is 35.7. The third kappa shape index (κ3) is 5.72. The Morgan fingerprint density at radius 2 is 1.74 bits per heavy atom. The number of hydrogen-bond donors (Lipinski definition) is 1. The number of amides is 3. The number of piperazine rings is 1. The van der Waals surface area contributed by atoms with Gasteiger partial charge in [0.05, 0.1) is 23.7 Å². The average Bonchev–Trinajstić information content (AvgIpc) is 3.61. The van der Waals surface area contributed by atoms with E-state index in [1.54, 1.807) is 41.3 Å². The lowest BCUT2D eigenvalue weighted by atomic mass is 9.83. The number of anilines is 1. The molecule has 1 aromatic heterocycles. The first-order valence-electron chi connectivity index (χ1n) is 15.4. The Morgan fingerprint density at radius 1 is 1.02 bits per heavy atom. The van der Waals surface area contributed by atoms with Crippen LogP contribution >= 0.6 is 22.9 Å². The van der Waals surface area contributed by atoms with Gasteiger partial charge in [-0.15, -0.1) is 11.3 Å². The molecule has 3 aromatic rings. The van der Waals surface area contributed by atoms with Gasteiger partial charge in [0.25, 0.3) is 15.9 Å². The van der Waals surface area contributed by atoms with Crippen LogP contribution in [-0.2, 0) is 20.4 Å². The molecule has 4 heterocycles. The van der Waals surface area contributed by atoms with Gasteiger partial charge >= 0.3 is 6.03 Å². The SMILES string of the molecule is CCOc1ccccc1C1(NC(=O)N2CCN(C3CCN(C)CC3)CC2)C(=O)N(S(=O)(=O)c2ccc(Cl)s2)c2ccc(OC)cc21. The molecule has 1 N–H and O–H groups in total. The zero-order chi connectivity index (χ0) is 32.6. The van der Waals surface area contributed by atoms with Crippen LogP contribution in [-0.4, -0.2) is 101 Å². The van der Waals surface area contributed by atoms with E-state index in [0.29, 0.717) is 49.3 Å². The van der Waals surface area contributed by atoms with Gasteiger partial charge < -0.3 is 24.6 Å². The molecule has 2 aromatic carbocycles. The van der Waals surface area contributed by atoms with E-state index in [4.69, 9.17) is 21.1 Å². The third-order valence-electron chi connectivity index (χ3n) is 9.07. The fourth-order valence-corrected chi connectivity index (χ4v) is 9.68. The van der Waals surface area contributed by atoms with Gasteiger partial charge in [-0.05, 0) is 76.3 Å². The lowest BCUT2D eigenvalue weighted by molar-refractivity contribution is -0.121. The highest BCUT2D eigenvalue weighted by molar-refractivity contribution is 7.95. The Bertz CT molecular complexity index is 1720. The molecule has 1 atom stereocenters. The van der Waals surface area contributed by atoms with Crippen LogP contribution in [0.1, 0.15) is 30.9 Å². The molecule has 46 heavy (non-hydrogen) atoms. The number of para-hydroxylation sites is 1. The van der Waals surface area contributed by atoms with Crippen molar-refractivity contribution in [1.82, 2.24) is 20.0 Å².